The molecule has 0 spiro atoms. The van der Waals surface area contributed by atoms with E-state index in [0.29, 0.717) is 29.0 Å². The Morgan fingerprint density at radius 1 is 0.957 bits per heavy atom. The molecule has 3 heterocycles. The van der Waals surface area contributed by atoms with Gasteiger partial charge in [-0.3, -0.25) is 0 Å². The number of anilines is 5. The van der Waals surface area contributed by atoms with Crippen LogP contribution in [0, 0.1) is 6.92 Å². The fraction of sp³-hybridized carbons (Fsp3) is 0.0667. The van der Waals surface area contributed by atoms with E-state index in [2.05, 4.69) is 46.5 Å². The summed E-state index contributed by atoms with van der Waals surface area (Å²) in [6, 6.07) is 7.53. The van der Waals surface area contributed by atoms with Crippen molar-refractivity contribution in [3.63, 3.8) is 0 Å². The Morgan fingerprint density at radius 3 is 2.43 bits per heavy atom. The first-order chi connectivity index (χ1) is 11.1. The molecule has 0 radical (unpaired) electrons. The lowest BCUT2D eigenvalue weighted by Crippen LogP contribution is -2.06. The van der Waals surface area contributed by atoms with Gasteiger partial charge in [-0.2, -0.15) is 0 Å². The van der Waals surface area contributed by atoms with E-state index < -0.39 is 0 Å². The average molecular weight is 372 g/mol. The van der Waals surface area contributed by atoms with E-state index in [1.54, 1.807) is 12.4 Å². The van der Waals surface area contributed by atoms with Crippen LogP contribution in [-0.2, 0) is 0 Å². The molecule has 3 rings (SSSR count). The molecule has 23 heavy (non-hydrogen) atoms. The maximum absolute atomic E-state index is 6.14. The highest BCUT2D eigenvalue weighted by atomic mass is 79.9. The van der Waals surface area contributed by atoms with Gasteiger partial charge in [0.15, 0.2) is 11.6 Å². The van der Waals surface area contributed by atoms with E-state index in [1.165, 1.54) is 6.33 Å². The molecule has 0 aliphatic rings. The normalized spacial score (nSPS) is 10.3. The quantitative estimate of drug-likeness (QED) is 0.645. The molecule has 0 saturated heterocycles. The van der Waals surface area contributed by atoms with Crippen molar-refractivity contribution in [3.8, 4) is 0 Å². The Kier molecular flexibility index (Phi) is 4.33. The summed E-state index contributed by atoms with van der Waals surface area (Å²) in [5, 5.41) is 6.19. The Balaban J connectivity index is 1.86. The Morgan fingerprint density at radius 2 is 1.74 bits per heavy atom. The second-order valence-corrected chi connectivity index (χ2v) is 5.68. The number of hydrogen-bond donors (Lipinski definition) is 3. The lowest BCUT2D eigenvalue weighted by molar-refractivity contribution is 1.15. The monoisotopic (exact) mass is 371 g/mol. The van der Waals surface area contributed by atoms with Gasteiger partial charge in [0.25, 0.3) is 0 Å². The van der Waals surface area contributed by atoms with E-state index in [-0.39, 0.29) is 0 Å². The number of nitrogens with zero attached hydrogens (tertiary/aromatic N) is 4. The maximum atomic E-state index is 6.14. The summed E-state index contributed by atoms with van der Waals surface area (Å²) in [4.78, 5) is 16.8. The molecule has 0 aromatic carbocycles. The van der Waals surface area contributed by atoms with E-state index in [1.807, 2.05) is 31.2 Å². The summed E-state index contributed by atoms with van der Waals surface area (Å²) in [5.41, 5.74) is 7.53. The first-order valence-electron chi connectivity index (χ1n) is 6.81. The van der Waals surface area contributed by atoms with Crippen molar-refractivity contribution in [2.45, 2.75) is 6.92 Å². The molecule has 8 heteroatoms. The zero-order valence-electron chi connectivity index (χ0n) is 12.3. The lowest BCUT2D eigenvalue weighted by atomic mass is 10.3. The fourth-order valence-electron chi connectivity index (χ4n) is 1.89. The molecule has 0 saturated carbocycles. The third-order valence-electron chi connectivity index (χ3n) is 3.10. The van der Waals surface area contributed by atoms with E-state index >= 15 is 0 Å². The van der Waals surface area contributed by atoms with Crippen LogP contribution >= 0.6 is 15.9 Å². The highest BCUT2D eigenvalue weighted by Gasteiger charge is 2.10. The average Bonchev–Trinajstić information content (AvgIpc) is 2.55. The summed E-state index contributed by atoms with van der Waals surface area (Å²) >= 11 is 3.34. The van der Waals surface area contributed by atoms with Crippen LogP contribution in [0.25, 0.3) is 0 Å². The summed E-state index contributed by atoms with van der Waals surface area (Å²) in [6.45, 7) is 1.96. The highest BCUT2D eigenvalue weighted by molar-refractivity contribution is 9.10. The van der Waals surface area contributed by atoms with Crippen LogP contribution in [0.15, 0.2) is 47.5 Å². The lowest BCUT2D eigenvalue weighted by Gasteiger charge is -2.12. The minimum absolute atomic E-state index is 0.391. The number of halogens is 1. The van der Waals surface area contributed by atoms with Crippen LogP contribution in [0.5, 0.6) is 0 Å². The third kappa shape index (κ3) is 3.54. The number of rotatable bonds is 4. The molecule has 0 unspecified atom stereocenters. The molecule has 3 aromatic rings. The van der Waals surface area contributed by atoms with E-state index in [9.17, 15) is 0 Å². The number of nitrogens with two attached hydrogens (primary N) is 1. The summed E-state index contributed by atoms with van der Waals surface area (Å²) in [6.07, 6.45) is 4.83. The fourth-order valence-corrected chi connectivity index (χ4v) is 2.13. The van der Waals surface area contributed by atoms with Gasteiger partial charge in [0.1, 0.15) is 23.7 Å². The number of nitrogens with one attached hydrogen (secondary N) is 2. The Bertz CT molecular complexity index is 820. The number of pyridine rings is 2. The van der Waals surface area contributed by atoms with Gasteiger partial charge in [0.05, 0.1) is 0 Å². The standard InChI is InChI=1S/C15H14BrN7/c1-9-3-2-6-18-13(9)23-15-12(17)14(20-8-21-15)22-11-5-4-10(16)7-19-11/h2-8H,17H2,1H3,(H2,18,19,20,21,22,23). The molecule has 0 fully saturated rings. The van der Waals surface area contributed by atoms with Gasteiger partial charge in [-0.25, -0.2) is 19.9 Å². The second-order valence-electron chi connectivity index (χ2n) is 4.77. The number of hydrogen-bond acceptors (Lipinski definition) is 7. The number of nitrogen functional groups attached to an aromatic ring is 1. The van der Waals surface area contributed by atoms with Crippen molar-refractivity contribution in [1.29, 1.82) is 0 Å². The predicted octanol–water partition coefficient (Wildman–Crippen LogP) is 3.41. The van der Waals surface area contributed by atoms with Crippen LogP contribution in [0.3, 0.4) is 0 Å². The van der Waals surface area contributed by atoms with Gasteiger partial charge < -0.3 is 16.4 Å². The molecule has 7 nitrogen and oxygen atoms in total. The zero-order chi connectivity index (χ0) is 16.2. The van der Waals surface area contributed by atoms with Crippen molar-refractivity contribution in [3.05, 3.63) is 53.0 Å². The van der Waals surface area contributed by atoms with Crippen LogP contribution in [-0.4, -0.2) is 19.9 Å². The topological polar surface area (TPSA) is 102 Å². The molecule has 3 aromatic heterocycles. The van der Waals surface area contributed by atoms with Crippen molar-refractivity contribution in [2.75, 3.05) is 16.4 Å². The highest BCUT2D eigenvalue weighted by Crippen LogP contribution is 2.27. The van der Waals surface area contributed by atoms with E-state index in [0.717, 1.165) is 10.0 Å². The molecular formula is C15H14BrN7. The van der Waals surface area contributed by atoms with Crippen LogP contribution in [0.4, 0.5) is 29.0 Å². The molecular weight excluding hydrogens is 358 g/mol. The van der Waals surface area contributed by atoms with Crippen LogP contribution in [0.2, 0.25) is 0 Å². The Hall–Kier alpha value is -2.74. The minimum Gasteiger partial charge on any atom is -0.393 e. The summed E-state index contributed by atoms with van der Waals surface area (Å²) in [5.74, 6) is 2.30. The van der Waals surface area contributed by atoms with Crippen molar-refractivity contribution < 1.29 is 0 Å². The van der Waals surface area contributed by atoms with Gasteiger partial charge >= 0.3 is 0 Å². The molecule has 4 N–H and O–H groups in total. The number of aryl methyl sites for hydroxylation is 1. The first-order valence-corrected chi connectivity index (χ1v) is 7.60. The third-order valence-corrected chi connectivity index (χ3v) is 3.57. The first kappa shape index (κ1) is 15.2. The van der Waals surface area contributed by atoms with Crippen molar-refractivity contribution >= 4 is 44.9 Å². The minimum atomic E-state index is 0.391. The molecule has 116 valence electrons. The molecule has 0 amide bonds. The maximum Gasteiger partial charge on any atom is 0.160 e. The molecule has 0 atom stereocenters. The molecule has 0 bridgehead atoms. The van der Waals surface area contributed by atoms with Crippen LogP contribution in [0.1, 0.15) is 5.56 Å². The van der Waals surface area contributed by atoms with Gasteiger partial charge in [0, 0.05) is 16.9 Å². The van der Waals surface area contributed by atoms with Gasteiger partial charge in [-0.15, -0.1) is 0 Å². The zero-order valence-corrected chi connectivity index (χ0v) is 13.9. The molecule has 0 aliphatic carbocycles. The Labute approximate surface area is 141 Å². The SMILES string of the molecule is Cc1cccnc1Nc1ncnc(Nc2ccc(Br)cn2)c1N. The van der Waals surface area contributed by atoms with Gasteiger partial charge in [0.2, 0.25) is 0 Å². The summed E-state index contributed by atoms with van der Waals surface area (Å²) < 4.78 is 0.895. The smallest absolute Gasteiger partial charge is 0.160 e. The number of aromatic nitrogens is 4. The largest absolute Gasteiger partial charge is 0.393 e. The molecule has 0 aliphatic heterocycles. The van der Waals surface area contributed by atoms with Crippen LogP contribution < -0.4 is 16.4 Å². The van der Waals surface area contributed by atoms with Gasteiger partial charge in [-0.1, -0.05) is 6.07 Å². The summed E-state index contributed by atoms with van der Waals surface area (Å²) in [7, 11) is 0. The van der Waals surface area contributed by atoms with Crippen molar-refractivity contribution in [1.82, 2.24) is 19.9 Å². The van der Waals surface area contributed by atoms with Crippen molar-refractivity contribution in [2.24, 2.45) is 0 Å². The predicted molar refractivity (Wildman–Crippen MR) is 93.9 cm³/mol. The van der Waals surface area contributed by atoms with Gasteiger partial charge in [-0.05, 0) is 46.6 Å². The second kappa shape index (κ2) is 6.57. The van der Waals surface area contributed by atoms with E-state index in [4.69, 9.17) is 5.73 Å².